The number of sulfonamides is 1. The van der Waals surface area contributed by atoms with Gasteiger partial charge in [-0.3, -0.25) is 4.79 Å². The summed E-state index contributed by atoms with van der Waals surface area (Å²) in [6.45, 7) is 1.66. The summed E-state index contributed by atoms with van der Waals surface area (Å²) in [7, 11) is -3.19. The highest BCUT2D eigenvalue weighted by Crippen LogP contribution is 2.08. The van der Waals surface area contributed by atoms with Crippen molar-refractivity contribution < 1.29 is 13.2 Å². The van der Waals surface area contributed by atoms with Crippen LogP contribution in [0.3, 0.4) is 0 Å². The highest BCUT2D eigenvalue weighted by atomic mass is 32.2. The van der Waals surface area contributed by atoms with Crippen molar-refractivity contribution in [1.82, 2.24) is 10.0 Å². The minimum Gasteiger partial charge on any atom is -0.370 e. The van der Waals surface area contributed by atoms with Crippen molar-refractivity contribution in [2.75, 3.05) is 19.6 Å². The molecule has 0 radical (unpaired) electrons. The Labute approximate surface area is 96.0 Å². The van der Waals surface area contributed by atoms with E-state index in [1.54, 1.807) is 0 Å². The molecule has 0 bridgehead atoms. The summed E-state index contributed by atoms with van der Waals surface area (Å²) < 4.78 is 25.9. The predicted octanol–water partition coefficient (Wildman–Crippen LogP) is -1.08. The Kier molecular flexibility index (Phi) is 5.17. The number of nitrogens with two attached hydrogens (primary N) is 1. The van der Waals surface area contributed by atoms with Crippen LogP contribution in [-0.2, 0) is 14.8 Å². The van der Waals surface area contributed by atoms with Crippen LogP contribution in [0.15, 0.2) is 0 Å². The van der Waals surface area contributed by atoms with Gasteiger partial charge in [0.25, 0.3) is 0 Å². The average Bonchev–Trinajstić information content (AvgIpc) is 2.69. The van der Waals surface area contributed by atoms with Crippen molar-refractivity contribution in [1.29, 1.82) is 0 Å². The van der Waals surface area contributed by atoms with Gasteiger partial charge in [-0.2, -0.15) is 0 Å². The van der Waals surface area contributed by atoms with Crippen LogP contribution in [-0.4, -0.2) is 39.2 Å². The highest BCUT2D eigenvalue weighted by molar-refractivity contribution is 7.90. The summed E-state index contributed by atoms with van der Waals surface area (Å²) in [5.74, 6) is -0.345. The maximum atomic E-state index is 11.7. The first-order valence-electron chi connectivity index (χ1n) is 5.50. The van der Waals surface area contributed by atoms with Gasteiger partial charge in [0.1, 0.15) is 0 Å². The molecule has 1 aliphatic heterocycles. The maximum Gasteiger partial charge on any atom is 0.217 e. The molecule has 0 aromatic carbocycles. The number of hydrogen-bond donors (Lipinski definition) is 3. The molecule has 0 aromatic heterocycles. The second-order valence-corrected chi connectivity index (χ2v) is 6.02. The van der Waals surface area contributed by atoms with Crippen LogP contribution in [0.5, 0.6) is 0 Å². The molecule has 0 spiro atoms. The highest BCUT2D eigenvalue weighted by Gasteiger charge is 2.27. The molecule has 1 heterocycles. The number of amides is 1. The summed E-state index contributed by atoms with van der Waals surface area (Å²) in [6, 6.07) is 0. The Morgan fingerprint density at radius 1 is 1.44 bits per heavy atom. The van der Waals surface area contributed by atoms with Gasteiger partial charge in [0.2, 0.25) is 15.9 Å². The molecule has 4 N–H and O–H groups in total. The van der Waals surface area contributed by atoms with E-state index in [-0.39, 0.29) is 11.2 Å². The quantitative estimate of drug-likeness (QED) is 0.500. The number of hydrogen-bond acceptors (Lipinski definition) is 4. The van der Waals surface area contributed by atoms with Crippen LogP contribution in [0, 0.1) is 0 Å². The van der Waals surface area contributed by atoms with Crippen molar-refractivity contribution in [3.05, 3.63) is 0 Å². The van der Waals surface area contributed by atoms with Crippen LogP contribution in [0.25, 0.3) is 0 Å². The van der Waals surface area contributed by atoms with Gasteiger partial charge < -0.3 is 11.1 Å². The second kappa shape index (κ2) is 6.17. The first-order chi connectivity index (χ1) is 7.52. The SMILES string of the molecule is NC(=O)CCCCNS(=O)(=O)C1CCNC1. The molecule has 1 atom stereocenters. The number of carbonyl (C=O) groups is 1. The third-order valence-corrected chi connectivity index (χ3v) is 4.49. The lowest BCUT2D eigenvalue weighted by Crippen LogP contribution is -2.36. The molecule has 0 saturated carbocycles. The van der Waals surface area contributed by atoms with Crippen LogP contribution in [0.1, 0.15) is 25.7 Å². The largest absolute Gasteiger partial charge is 0.370 e. The Hall–Kier alpha value is -0.660. The standard InChI is InChI=1S/C9H19N3O3S/c10-9(13)3-1-2-5-12-16(14,15)8-4-6-11-7-8/h8,11-12H,1-7H2,(H2,10,13). The Balaban J connectivity index is 2.18. The third kappa shape index (κ3) is 4.46. The number of unbranched alkanes of at least 4 members (excludes halogenated alkanes) is 1. The zero-order valence-electron chi connectivity index (χ0n) is 9.24. The lowest BCUT2D eigenvalue weighted by Gasteiger charge is -2.11. The molecule has 7 heteroatoms. The van der Waals surface area contributed by atoms with Crippen molar-refractivity contribution in [3.8, 4) is 0 Å². The minimum absolute atomic E-state index is 0.312. The third-order valence-electron chi connectivity index (χ3n) is 2.61. The van der Waals surface area contributed by atoms with Gasteiger partial charge in [-0.1, -0.05) is 0 Å². The average molecular weight is 249 g/mol. The molecule has 0 aliphatic carbocycles. The van der Waals surface area contributed by atoms with E-state index >= 15 is 0 Å². The Bertz CT molecular complexity index is 323. The summed E-state index contributed by atoms with van der Waals surface area (Å²) >= 11 is 0. The van der Waals surface area contributed by atoms with E-state index in [0.29, 0.717) is 38.8 Å². The summed E-state index contributed by atoms with van der Waals surface area (Å²) in [5.41, 5.74) is 4.97. The van der Waals surface area contributed by atoms with Gasteiger partial charge in [0.15, 0.2) is 0 Å². The normalized spacial score (nSPS) is 21.1. The van der Waals surface area contributed by atoms with Gasteiger partial charge in [0.05, 0.1) is 5.25 Å². The van der Waals surface area contributed by atoms with Crippen molar-refractivity contribution in [3.63, 3.8) is 0 Å². The second-order valence-electron chi connectivity index (χ2n) is 3.98. The molecule has 0 aromatic rings. The summed E-state index contributed by atoms with van der Waals surface area (Å²) in [5, 5.41) is 2.70. The Morgan fingerprint density at radius 3 is 2.75 bits per heavy atom. The first-order valence-corrected chi connectivity index (χ1v) is 7.04. The molecule has 1 rings (SSSR count). The first kappa shape index (κ1) is 13.4. The molecule has 1 aliphatic rings. The molecule has 1 saturated heterocycles. The topological polar surface area (TPSA) is 101 Å². The van der Waals surface area contributed by atoms with Gasteiger partial charge >= 0.3 is 0 Å². The molecule has 1 amide bonds. The predicted molar refractivity (Wildman–Crippen MR) is 61.2 cm³/mol. The summed E-state index contributed by atoms with van der Waals surface area (Å²) in [4.78, 5) is 10.4. The molecule has 94 valence electrons. The number of rotatable bonds is 7. The number of nitrogens with one attached hydrogen (secondary N) is 2. The van der Waals surface area contributed by atoms with Crippen LogP contribution in [0.4, 0.5) is 0 Å². The number of carbonyl (C=O) groups excluding carboxylic acids is 1. The molecular formula is C9H19N3O3S. The van der Waals surface area contributed by atoms with Crippen LogP contribution in [0.2, 0.25) is 0 Å². The molecule has 16 heavy (non-hydrogen) atoms. The van der Waals surface area contributed by atoms with Crippen molar-refractivity contribution >= 4 is 15.9 Å². The maximum absolute atomic E-state index is 11.7. The van der Waals surface area contributed by atoms with Crippen molar-refractivity contribution in [2.24, 2.45) is 5.73 Å². The number of primary amides is 1. The van der Waals surface area contributed by atoms with E-state index < -0.39 is 10.0 Å². The van der Waals surface area contributed by atoms with Crippen molar-refractivity contribution in [2.45, 2.75) is 30.9 Å². The van der Waals surface area contributed by atoms with E-state index in [1.165, 1.54) is 0 Å². The van der Waals surface area contributed by atoms with E-state index in [9.17, 15) is 13.2 Å². The molecular weight excluding hydrogens is 230 g/mol. The fourth-order valence-electron chi connectivity index (χ4n) is 1.65. The zero-order chi connectivity index (χ0) is 12.0. The van der Waals surface area contributed by atoms with E-state index in [2.05, 4.69) is 10.0 Å². The van der Waals surface area contributed by atoms with Crippen LogP contribution < -0.4 is 15.8 Å². The summed E-state index contributed by atoms with van der Waals surface area (Å²) in [6.07, 6.45) is 2.24. The fourth-order valence-corrected chi connectivity index (χ4v) is 3.08. The van der Waals surface area contributed by atoms with Gasteiger partial charge in [0, 0.05) is 19.5 Å². The minimum atomic E-state index is -3.19. The van der Waals surface area contributed by atoms with E-state index in [4.69, 9.17) is 5.73 Å². The lowest BCUT2D eigenvalue weighted by molar-refractivity contribution is -0.118. The van der Waals surface area contributed by atoms with Crippen LogP contribution >= 0.6 is 0 Å². The monoisotopic (exact) mass is 249 g/mol. The van der Waals surface area contributed by atoms with Gasteiger partial charge in [-0.05, 0) is 25.8 Å². The van der Waals surface area contributed by atoms with E-state index in [1.807, 2.05) is 0 Å². The zero-order valence-corrected chi connectivity index (χ0v) is 10.1. The molecule has 1 unspecified atom stereocenters. The molecule has 1 fully saturated rings. The van der Waals surface area contributed by atoms with Gasteiger partial charge in [-0.15, -0.1) is 0 Å². The van der Waals surface area contributed by atoms with Gasteiger partial charge in [-0.25, -0.2) is 13.1 Å². The fraction of sp³-hybridized carbons (Fsp3) is 0.889. The smallest absolute Gasteiger partial charge is 0.217 e. The molecule has 6 nitrogen and oxygen atoms in total. The van der Waals surface area contributed by atoms with E-state index in [0.717, 1.165) is 6.54 Å². The Morgan fingerprint density at radius 2 is 2.19 bits per heavy atom. The lowest BCUT2D eigenvalue weighted by atomic mass is 10.2.